The molecule has 1 aliphatic carbocycles. The summed E-state index contributed by atoms with van der Waals surface area (Å²) < 4.78 is 5.71. The fourth-order valence-electron chi connectivity index (χ4n) is 1.52. The molecule has 0 spiro atoms. The molecule has 0 radical (unpaired) electrons. The summed E-state index contributed by atoms with van der Waals surface area (Å²) in [5, 5.41) is 9.71. The topological polar surface area (TPSA) is 38.7 Å². The van der Waals surface area contributed by atoms with E-state index >= 15 is 0 Å². The van der Waals surface area contributed by atoms with E-state index in [2.05, 4.69) is 33.9 Å². The van der Waals surface area contributed by atoms with Crippen molar-refractivity contribution in [3.8, 4) is 0 Å². The lowest BCUT2D eigenvalue weighted by Crippen LogP contribution is -2.42. The van der Waals surface area contributed by atoms with Gasteiger partial charge in [0.15, 0.2) is 0 Å². The van der Waals surface area contributed by atoms with Gasteiger partial charge in [0.05, 0.1) is 12.2 Å². The Labute approximate surface area is 100 Å². The predicted octanol–water partition coefficient (Wildman–Crippen LogP) is 3.24. The Bertz CT molecular complexity index is 223. The maximum absolute atomic E-state index is 9.54. The number of aliphatic hydroxyl groups is 1. The molecule has 0 aromatic heterocycles. The molecule has 0 bridgehead atoms. The molecule has 1 N–H and O–H groups in total. The Morgan fingerprint density at radius 3 is 2.31 bits per heavy atom. The second-order valence-electron chi connectivity index (χ2n) is 6.38. The van der Waals surface area contributed by atoms with E-state index in [0.29, 0.717) is 6.42 Å². The molecule has 0 aromatic rings. The van der Waals surface area contributed by atoms with Crippen molar-refractivity contribution in [3.05, 3.63) is 0 Å². The van der Waals surface area contributed by atoms with Crippen LogP contribution in [0.15, 0.2) is 0 Å². The Balaban J connectivity index is 2.39. The van der Waals surface area contributed by atoms with Gasteiger partial charge in [-0.2, -0.15) is 0 Å². The molecule has 96 valence electrons. The lowest BCUT2D eigenvalue weighted by atomic mass is 9.95. The van der Waals surface area contributed by atoms with Gasteiger partial charge in [-0.05, 0) is 37.4 Å². The average molecular weight is 246 g/mol. The van der Waals surface area contributed by atoms with Gasteiger partial charge in [-0.15, -0.1) is 0 Å². The standard InChI is InChI=1S/C12H26O3Si/c1-12(2,3)16(4,5)15-14-11-8-6-7-10(13)9-11/h10-11,13H,6-9H2,1-5H3/t10-,11+/m1/s1. The van der Waals surface area contributed by atoms with Crippen LogP contribution in [0.1, 0.15) is 46.5 Å². The van der Waals surface area contributed by atoms with E-state index in [1.807, 2.05) is 0 Å². The van der Waals surface area contributed by atoms with E-state index < -0.39 is 8.32 Å². The molecule has 1 saturated carbocycles. The summed E-state index contributed by atoms with van der Waals surface area (Å²) in [5.41, 5.74) is 0. The highest BCUT2D eigenvalue weighted by molar-refractivity contribution is 6.73. The highest BCUT2D eigenvalue weighted by Crippen LogP contribution is 2.37. The van der Waals surface area contributed by atoms with Crippen LogP contribution in [0.3, 0.4) is 0 Å². The monoisotopic (exact) mass is 246 g/mol. The molecule has 0 unspecified atom stereocenters. The molecule has 1 aliphatic rings. The van der Waals surface area contributed by atoms with E-state index in [-0.39, 0.29) is 17.2 Å². The average Bonchev–Trinajstić information content (AvgIpc) is 2.13. The van der Waals surface area contributed by atoms with Gasteiger partial charge in [-0.1, -0.05) is 20.8 Å². The van der Waals surface area contributed by atoms with Crippen LogP contribution in [0, 0.1) is 0 Å². The first-order valence-electron chi connectivity index (χ1n) is 6.25. The van der Waals surface area contributed by atoms with Gasteiger partial charge in [0.1, 0.15) is 0 Å². The second kappa shape index (κ2) is 5.17. The van der Waals surface area contributed by atoms with Crippen molar-refractivity contribution in [3.63, 3.8) is 0 Å². The molecule has 0 aliphatic heterocycles. The zero-order chi connectivity index (χ0) is 12.4. The normalized spacial score (nSPS) is 28.1. The van der Waals surface area contributed by atoms with Gasteiger partial charge in [-0.3, -0.25) is 4.58 Å². The summed E-state index contributed by atoms with van der Waals surface area (Å²) in [4.78, 5) is 5.55. The summed E-state index contributed by atoms with van der Waals surface area (Å²) in [6.07, 6.45) is 3.53. The van der Waals surface area contributed by atoms with Crippen LogP contribution < -0.4 is 0 Å². The summed E-state index contributed by atoms with van der Waals surface area (Å²) in [6, 6.07) is 0. The second-order valence-corrected chi connectivity index (χ2v) is 11.1. The van der Waals surface area contributed by atoms with E-state index in [1.165, 1.54) is 0 Å². The Morgan fingerprint density at radius 2 is 1.81 bits per heavy atom. The molecule has 2 atom stereocenters. The minimum absolute atomic E-state index is 0.0814. The van der Waals surface area contributed by atoms with Crippen LogP contribution in [0.5, 0.6) is 0 Å². The fourth-order valence-corrected chi connectivity index (χ4v) is 2.15. The van der Waals surface area contributed by atoms with Crippen LogP contribution in [0.2, 0.25) is 18.1 Å². The van der Waals surface area contributed by atoms with Crippen molar-refractivity contribution in [1.29, 1.82) is 0 Å². The van der Waals surface area contributed by atoms with Crippen molar-refractivity contribution in [2.75, 3.05) is 0 Å². The van der Waals surface area contributed by atoms with Crippen molar-refractivity contribution in [2.45, 2.75) is 76.8 Å². The van der Waals surface area contributed by atoms with E-state index in [1.54, 1.807) is 0 Å². The van der Waals surface area contributed by atoms with Crippen LogP contribution >= 0.6 is 0 Å². The summed E-state index contributed by atoms with van der Waals surface area (Å²) in [6.45, 7) is 10.9. The van der Waals surface area contributed by atoms with Crippen LogP contribution in [0.25, 0.3) is 0 Å². The first-order valence-corrected chi connectivity index (χ1v) is 9.16. The molecule has 3 nitrogen and oxygen atoms in total. The zero-order valence-corrected chi connectivity index (χ0v) is 12.2. The zero-order valence-electron chi connectivity index (χ0n) is 11.2. The SMILES string of the molecule is CC(C)(C)[Si](C)(C)OO[C@H]1CCC[C@@H](O)C1. The number of aliphatic hydroxyl groups excluding tert-OH is 1. The number of hydrogen-bond acceptors (Lipinski definition) is 3. The summed E-state index contributed by atoms with van der Waals surface area (Å²) >= 11 is 0. The quantitative estimate of drug-likeness (QED) is 0.472. The lowest BCUT2D eigenvalue weighted by molar-refractivity contribution is -0.268. The smallest absolute Gasteiger partial charge is 0.238 e. The van der Waals surface area contributed by atoms with Crippen molar-refractivity contribution < 1.29 is 14.6 Å². The minimum Gasteiger partial charge on any atom is -0.393 e. The molecule has 16 heavy (non-hydrogen) atoms. The molecule has 1 fully saturated rings. The minimum atomic E-state index is -1.81. The van der Waals surface area contributed by atoms with Crippen LogP contribution in [-0.2, 0) is 9.46 Å². The lowest BCUT2D eigenvalue weighted by Gasteiger charge is -2.36. The largest absolute Gasteiger partial charge is 0.393 e. The fraction of sp³-hybridized carbons (Fsp3) is 1.00. The third-order valence-corrected chi connectivity index (χ3v) is 7.92. The molecular formula is C12H26O3Si. The summed E-state index contributed by atoms with van der Waals surface area (Å²) in [7, 11) is -1.81. The van der Waals surface area contributed by atoms with Gasteiger partial charge < -0.3 is 5.11 Å². The molecule has 0 amide bonds. The third-order valence-electron chi connectivity index (χ3n) is 3.80. The molecule has 4 heteroatoms. The van der Waals surface area contributed by atoms with Crippen molar-refractivity contribution in [2.24, 2.45) is 0 Å². The van der Waals surface area contributed by atoms with Gasteiger partial charge >= 0.3 is 0 Å². The van der Waals surface area contributed by atoms with Gasteiger partial charge in [0.25, 0.3) is 0 Å². The molecule has 0 saturated heterocycles. The van der Waals surface area contributed by atoms with Gasteiger partial charge in [0.2, 0.25) is 8.32 Å². The van der Waals surface area contributed by atoms with Crippen LogP contribution in [0.4, 0.5) is 0 Å². The van der Waals surface area contributed by atoms with Gasteiger partial charge in [-0.25, -0.2) is 4.89 Å². The third kappa shape index (κ3) is 3.84. The first kappa shape index (κ1) is 14.2. The van der Waals surface area contributed by atoms with Gasteiger partial charge in [0, 0.05) is 6.42 Å². The van der Waals surface area contributed by atoms with Crippen LogP contribution in [-0.4, -0.2) is 25.6 Å². The Kier molecular flexibility index (Phi) is 4.57. The van der Waals surface area contributed by atoms with Crippen molar-refractivity contribution >= 4 is 8.32 Å². The number of hydrogen-bond donors (Lipinski definition) is 1. The molecule has 1 rings (SSSR count). The van der Waals surface area contributed by atoms with E-state index in [4.69, 9.17) is 9.46 Å². The maximum atomic E-state index is 9.54. The van der Waals surface area contributed by atoms with E-state index in [9.17, 15) is 5.11 Å². The summed E-state index contributed by atoms with van der Waals surface area (Å²) in [5.74, 6) is 0. The molecular weight excluding hydrogens is 220 g/mol. The maximum Gasteiger partial charge on any atom is 0.238 e. The Hall–Kier alpha value is 0.0969. The van der Waals surface area contributed by atoms with Crippen molar-refractivity contribution in [1.82, 2.24) is 0 Å². The molecule has 0 heterocycles. The highest BCUT2D eigenvalue weighted by Gasteiger charge is 2.39. The number of rotatable bonds is 3. The molecule has 0 aromatic carbocycles. The van der Waals surface area contributed by atoms with E-state index in [0.717, 1.165) is 19.3 Å². The first-order chi connectivity index (χ1) is 7.22. The Morgan fingerprint density at radius 1 is 1.19 bits per heavy atom. The highest BCUT2D eigenvalue weighted by atomic mass is 28.4. The predicted molar refractivity (Wildman–Crippen MR) is 67.6 cm³/mol.